The molecule has 118 valence electrons. The van der Waals surface area contributed by atoms with Crippen LogP contribution in [-0.4, -0.2) is 38.2 Å². The largest absolute Gasteiger partial charge is 0.388 e. The second-order valence-corrected chi connectivity index (χ2v) is 6.82. The minimum Gasteiger partial charge on any atom is -0.388 e. The number of aromatic nitrogens is 3. The zero-order valence-corrected chi connectivity index (χ0v) is 13.2. The highest BCUT2D eigenvalue weighted by atomic mass is 16.3. The van der Waals surface area contributed by atoms with Crippen molar-refractivity contribution in [3.63, 3.8) is 0 Å². The van der Waals surface area contributed by atoms with Crippen LogP contribution in [0.2, 0.25) is 0 Å². The molecule has 1 saturated carbocycles. The molecule has 2 rings (SSSR count). The molecule has 1 aliphatic carbocycles. The number of nitrogens with zero attached hydrogens (tertiary/aromatic N) is 3. The molecule has 1 aromatic heterocycles. The van der Waals surface area contributed by atoms with E-state index in [-0.39, 0.29) is 19.0 Å². The van der Waals surface area contributed by atoms with Crippen LogP contribution in [0.25, 0.3) is 0 Å². The molecule has 1 unspecified atom stereocenters. The normalized spacial score (nSPS) is 17.8. The quantitative estimate of drug-likeness (QED) is 0.760. The molecule has 0 aromatic carbocycles. The number of carbonyl (C=O) groups excluding carboxylic acids is 1. The van der Waals surface area contributed by atoms with Gasteiger partial charge in [0.15, 0.2) is 0 Å². The Kier molecular flexibility index (Phi) is 4.98. The molecule has 0 radical (unpaired) electrons. The van der Waals surface area contributed by atoms with Crippen LogP contribution in [-0.2, 0) is 11.3 Å². The number of nitrogens with one attached hydrogen (secondary N) is 1. The SMILES string of the molecule is CC(C)CCC(C)(O)CNC(=O)Cn1cc(C2CC2)nn1. The minimum atomic E-state index is -0.860. The van der Waals surface area contributed by atoms with Crippen molar-refractivity contribution in [3.8, 4) is 0 Å². The van der Waals surface area contributed by atoms with Crippen molar-refractivity contribution in [3.05, 3.63) is 11.9 Å². The molecule has 6 nitrogen and oxygen atoms in total. The monoisotopic (exact) mass is 294 g/mol. The van der Waals surface area contributed by atoms with Crippen molar-refractivity contribution in [1.29, 1.82) is 0 Å². The number of hydrogen-bond acceptors (Lipinski definition) is 4. The summed E-state index contributed by atoms with van der Waals surface area (Å²) in [5.74, 6) is 0.939. The van der Waals surface area contributed by atoms with E-state index in [4.69, 9.17) is 0 Å². The Labute approximate surface area is 125 Å². The van der Waals surface area contributed by atoms with Crippen LogP contribution >= 0.6 is 0 Å². The van der Waals surface area contributed by atoms with Crippen LogP contribution in [0, 0.1) is 5.92 Å². The fraction of sp³-hybridized carbons (Fsp3) is 0.800. The number of carbonyl (C=O) groups is 1. The van der Waals surface area contributed by atoms with Gasteiger partial charge in [-0.05, 0) is 38.5 Å². The molecule has 1 atom stereocenters. The Balaban J connectivity index is 1.73. The second-order valence-electron chi connectivity index (χ2n) is 6.82. The average Bonchev–Trinajstić information content (AvgIpc) is 3.16. The van der Waals surface area contributed by atoms with Gasteiger partial charge in [0, 0.05) is 18.7 Å². The topological polar surface area (TPSA) is 80.0 Å². The number of hydrogen-bond donors (Lipinski definition) is 2. The molecular weight excluding hydrogens is 268 g/mol. The fourth-order valence-electron chi connectivity index (χ4n) is 2.14. The van der Waals surface area contributed by atoms with Gasteiger partial charge in [-0.1, -0.05) is 19.1 Å². The van der Waals surface area contributed by atoms with Crippen molar-refractivity contribution in [2.45, 2.75) is 64.5 Å². The van der Waals surface area contributed by atoms with Gasteiger partial charge in [0.1, 0.15) is 6.54 Å². The third kappa shape index (κ3) is 5.46. The summed E-state index contributed by atoms with van der Waals surface area (Å²) in [5.41, 5.74) is 0.119. The smallest absolute Gasteiger partial charge is 0.241 e. The van der Waals surface area contributed by atoms with E-state index in [1.165, 1.54) is 12.8 Å². The lowest BCUT2D eigenvalue weighted by molar-refractivity contribution is -0.123. The Morgan fingerprint density at radius 3 is 2.90 bits per heavy atom. The van der Waals surface area contributed by atoms with Gasteiger partial charge in [-0.25, -0.2) is 4.68 Å². The summed E-state index contributed by atoms with van der Waals surface area (Å²) in [6.07, 6.45) is 5.80. The molecule has 21 heavy (non-hydrogen) atoms. The van der Waals surface area contributed by atoms with Crippen molar-refractivity contribution in [1.82, 2.24) is 20.3 Å². The first kappa shape index (κ1) is 15.9. The summed E-state index contributed by atoms with van der Waals surface area (Å²) in [4.78, 5) is 11.9. The minimum absolute atomic E-state index is 0.146. The highest BCUT2D eigenvalue weighted by molar-refractivity contribution is 5.75. The van der Waals surface area contributed by atoms with Gasteiger partial charge >= 0.3 is 0 Å². The van der Waals surface area contributed by atoms with E-state index in [0.29, 0.717) is 18.3 Å². The van der Waals surface area contributed by atoms with Crippen molar-refractivity contribution >= 4 is 5.91 Å². The van der Waals surface area contributed by atoms with E-state index < -0.39 is 5.60 Å². The van der Waals surface area contributed by atoms with Gasteiger partial charge < -0.3 is 10.4 Å². The maximum atomic E-state index is 11.9. The molecule has 1 aliphatic rings. The molecule has 1 fully saturated rings. The molecule has 0 bridgehead atoms. The molecule has 0 aliphatic heterocycles. The van der Waals surface area contributed by atoms with Crippen molar-refractivity contribution < 1.29 is 9.90 Å². The van der Waals surface area contributed by atoms with Crippen molar-refractivity contribution in [2.24, 2.45) is 5.92 Å². The fourth-order valence-corrected chi connectivity index (χ4v) is 2.14. The standard InChI is InChI=1S/C15H26N4O2/c1-11(2)6-7-15(3,21)10-16-14(20)9-19-8-13(17-18-19)12-4-5-12/h8,11-12,21H,4-7,9-10H2,1-3H3,(H,16,20). The summed E-state index contributed by atoms with van der Waals surface area (Å²) in [6.45, 7) is 6.42. The van der Waals surface area contributed by atoms with Gasteiger partial charge in [-0.2, -0.15) is 0 Å². The van der Waals surface area contributed by atoms with Crippen molar-refractivity contribution in [2.75, 3.05) is 6.54 Å². The summed E-state index contributed by atoms with van der Waals surface area (Å²) < 4.78 is 1.56. The molecule has 1 heterocycles. The molecule has 6 heteroatoms. The Bertz CT molecular complexity index is 478. The summed E-state index contributed by atoms with van der Waals surface area (Å²) >= 11 is 0. The van der Waals surface area contributed by atoms with E-state index in [1.807, 2.05) is 6.20 Å². The van der Waals surface area contributed by atoms with Gasteiger partial charge in [-0.3, -0.25) is 4.79 Å². The summed E-state index contributed by atoms with van der Waals surface area (Å²) in [5, 5.41) is 21.0. The van der Waals surface area contributed by atoms with Gasteiger partial charge in [-0.15, -0.1) is 5.10 Å². The Morgan fingerprint density at radius 1 is 1.57 bits per heavy atom. The number of aliphatic hydroxyl groups is 1. The lowest BCUT2D eigenvalue weighted by Crippen LogP contribution is -2.42. The first-order valence-electron chi connectivity index (χ1n) is 7.75. The van der Waals surface area contributed by atoms with Gasteiger partial charge in [0.05, 0.1) is 11.3 Å². The molecule has 2 N–H and O–H groups in total. The lowest BCUT2D eigenvalue weighted by atomic mass is 9.95. The highest BCUT2D eigenvalue weighted by Gasteiger charge is 2.27. The first-order chi connectivity index (χ1) is 9.85. The number of amides is 1. The van der Waals surface area contributed by atoms with Gasteiger partial charge in [0.2, 0.25) is 5.91 Å². The van der Waals surface area contributed by atoms with E-state index in [1.54, 1.807) is 11.6 Å². The Hall–Kier alpha value is -1.43. The molecule has 1 aromatic rings. The molecular formula is C15H26N4O2. The first-order valence-corrected chi connectivity index (χ1v) is 7.75. The molecule has 0 saturated heterocycles. The average molecular weight is 294 g/mol. The predicted molar refractivity (Wildman–Crippen MR) is 79.7 cm³/mol. The molecule has 1 amide bonds. The van der Waals surface area contributed by atoms with Crippen LogP contribution in [0.15, 0.2) is 6.20 Å². The van der Waals surface area contributed by atoms with E-state index in [2.05, 4.69) is 29.5 Å². The third-order valence-electron chi connectivity index (χ3n) is 3.78. The van der Waals surface area contributed by atoms with Crippen LogP contribution in [0.1, 0.15) is 58.1 Å². The number of rotatable bonds is 8. The van der Waals surface area contributed by atoms with Crippen LogP contribution < -0.4 is 5.32 Å². The van der Waals surface area contributed by atoms with Crippen LogP contribution in [0.5, 0.6) is 0 Å². The summed E-state index contributed by atoms with van der Waals surface area (Å²) in [6, 6.07) is 0. The predicted octanol–water partition coefficient (Wildman–Crippen LogP) is 1.46. The zero-order valence-electron chi connectivity index (χ0n) is 13.2. The highest BCUT2D eigenvalue weighted by Crippen LogP contribution is 2.38. The summed E-state index contributed by atoms with van der Waals surface area (Å²) in [7, 11) is 0. The lowest BCUT2D eigenvalue weighted by Gasteiger charge is -2.24. The maximum Gasteiger partial charge on any atom is 0.241 e. The maximum absolute atomic E-state index is 11.9. The van der Waals surface area contributed by atoms with Gasteiger partial charge in [0.25, 0.3) is 0 Å². The second kappa shape index (κ2) is 6.56. The van der Waals surface area contributed by atoms with E-state index in [9.17, 15) is 9.90 Å². The van der Waals surface area contributed by atoms with Crippen LogP contribution in [0.4, 0.5) is 0 Å². The van der Waals surface area contributed by atoms with E-state index in [0.717, 1.165) is 12.1 Å². The zero-order chi connectivity index (χ0) is 15.5. The Morgan fingerprint density at radius 2 is 2.29 bits per heavy atom. The van der Waals surface area contributed by atoms with Crippen LogP contribution in [0.3, 0.4) is 0 Å². The molecule has 0 spiro atoms. The third-order valence-corrected chi connectivity index (χ3v) is 3.78. The van der Waals surface area contributed by atoms with E-state index >= 15 is 0 Å².